The minimum Gasteiger partial charge on any atom is -0.495 e. The van der Waals surface area contributed by atoms with Gasteiger partial charge < -0.3 is 14.5 Å². The number of aryl methyl sites for hydroxylation is 2. The van der Waals surface area contributed by atoms with Crippen molar-refractivity contribution in [3.63, 3.8) is 0 Å². The molecule has 7 nitrogen and oxygen atoms in total. The van der Waals surface area contributed by atoms with Crippen LogP contribution < -0.4 is 10.1 Å². The van der Waals surface area contributed by atoms with Crippen LogP contribution >= 0.6 is 11.3 Å². The average molecular weight is 372 g/mol. The summed E-state index contributed by atoms with van der Waals surface area (Å²) in [6.45, 7) is 7.67. The molecule has 1 aromatic carbocycles. The lowest BCUT2D eigenvalue weighted by atomic mass is 10.2. The number of amides is 1. The number of hydrogen-bond acceptors (Lipinski definition) is 7. The Morgan fingerprint density at radius 2 is 2.04 bits per heavy atom. The first kappa shape index (κ1) is 18.1. The van der Waals surface area contributed by atoms with Crippen LogP contribution in [0.25, 0.3) is 11.5 Å². The van der Waals surface area contributed by atoms with Crippen LogP contribution in [-0.4, -0.2) is 28.2 Å². The molecule has 0 saturated carbocycles. The molecule has 0 aliphatic carbocycles. The fraction of sp³-hybridized carbons (Fsp3) is 0.333. The molecule has 26 heavy (non-hydrogen) atoms. The van der Waals surface area contributed by atoms with Crippen molar-refractivity contribution in [2.75, 3.05) is 12.4 Å². The highest BCUT2D eigenvalue weighted by Crippen LogP contribution is 2.32. The van der Waals surface area contributed by atoms with E-state index in [0.717, 1.165) is 10.7 Å². The summed E-state index contributed by atoms with van der Waals surface area (Å²) in [5.74, 6) is 1.46. The van der Waals surface area contributed by atoms with E-state index in [9.17, 15) is 4.79 Å². The van der Waals surface area contributed by atoms with E-state index in [2.05, 4.69) is 34.3 Å². The maximum absolute atomic E-state index is 12.7. The predicted molar refractivity (Wildman–Crippen MR) is 99.9 cm³/mol. The molecule has 0 bridgehead atoms. The number of aromatic nitrogens is 3. The van der Waals surface area contributed by atoms with Crippen LogP contribution in [0.2, 0.25) is 0 Å². The monoisotopic (exact) mass is 372 g/mol. The van der Waals surface area contributed by atoms with Gasteiger partial charge in [-0.2, -0.15) is 0 Å². The number of anilines is 1. The van der Waals surface area contributed by atoms with Crippen molar-refractivity contribution < 1.29 is 13.9 Å². The Morgan fingerprint density at radius 3 is 2.62 bits per heavy atom. The van der Waals surface area contributed by atoms with E-state index in [0.29, 0.717) is 33.7 Å². The maximum atomic E-state index is 12.7. The molecule has 1 amide bonds. The topological polar surface area (TPSA) is 90.1 Å². The van der Waals surface area contributed by atoms with E-state index in [1.807, 2.05) is 6.92 Å². The van der Waals surface area contributed by atoms with Crippen molar-refractivity contribution in [2.45, 2.75) is 33.6 Å². The molecular weight excluding hydrogens is 352 g/mol. The molecule has 136 valence electrons. The summed E-state index contributed by atoms with van der Waals surface area (Å²) >= 11 is 1.41. The zero-order chi connectivity index (χ0) is 18.8. The lowest BCUT2D eigenvalue weighted by molar-refractivity contribution is 0.102. The molecular formula is C18H20N4O3S. The van der Waals surface area contributed by atoms with Gasteiger partial charge in [0.15, 0.2) is 0 Å². The standard InChI is InChI=1S/C18H20N4O3S/c1-9(2)18-19-10(3)15(26-18)16(23)20-13-8-12(6-7-14(13)24-5)17-22-21-11(4)25-17/h6-9H,1-5H3,(H,20,23). The molecule has 3 rings (SSSR count). The Balaban J connectivity index is 1.92. The van der Waals surface area contributed by atoms with Gasteiger partial charge in [0.2, 0.25) is 11.8 Å². The normalized spacial score (nSPS) is 11.0. The number of nitrogens with one attached hydrogen (secondary N) is 1. The van der Waals surface area contributed by atoms with Crippen molar-refractivity contribution >= 4 is 22.9 Å². The molecule has 2 heterocycles. The summed E-state index contributed by atoms with van der Waals surface area (Å²) in [6, 6.07) is 5.31. The van der Waals surface area contributed by atoms with Gasteiger partial charge in [-0.1, -0.05) is 13.8 Å². The number of thiazole rings is 1. The fourth-order valence-electron chi connectivity index (χ4n) is 2.41. The van der Waals surface area contributed by atoms with Gasteiger partial charge in [0.25, 0.3) is 5.91 Å². The number of carbonyl (C=O) groups is 1. The van der Waals surface area contributed by atoms with E-state index in [1.54, 1.807) is 32.2 Å². The first-order valence-corrected chi connectivity index (χ1v) is 8.98. The smallest absolute Gasteiger partial charge is 0.267 e. The van der Waals surface area contributed by atoms with E-state index < -0.39 is 0 Å². The van der Waals surface area contributed by atoms with Crippen LogP contribution in [0.5, 0.6) is 5.75 Å². The lowest BCUT2D eigenvalue weighted by Crippen LogP contribution is -2.12. The Kier molecular flexibility index (Phi) is 5.03. The molecule has 0 radical (unpaired) electrons. The summed E-state index contributed by atoms with van der Waals surface area (Å²) in [5.41, 5.74) is 1.95. The Hall–Kier alpha value is -2.74. The maximum Gasteiger partial charge on any atom is 0.267 e. The molecule has 0 spiro atoms. The van der Waals surface area contributed by atoms with Crippen LogP contribution in [0.1, 0.15) is 46.0 Å². The van der Waals surface area contributed by atoms with Gasteiger partial charge in [0.1, 0.15) is 10.6 Å². The third-order valence-electron chi connectivity index (χ3n) is 3.73. The molecule has 1 N–H and O–H groups in total. The summed E-state index contributed by atoms with van der Waals surface area (Å²) in [5, 5.41) is 11.7. The second-order valence-electron chi connectivity index (χ2n) is 6.12. The van der Waals surface area contributed by atoms with Crippen molar-refractivity contribution in [1.29, 1.82) is 0 Å². The van der Waals surface area contributed by atoms with Crippen LogP contribution in [0.3, 0.4) is 0 Å². The highest BCUT2D eigenvalue weighted by molar-refractivity contribution is 7.14. The van der Waals surface area contributed by atoms with Gasteiger partial charge in [0, 0.05) is 18.4 Å². The van der Waals surface area contributed by atoms with E-state index in [-0.39, 0.29) is 11.8 Å². The molecule has 0 unspecified atom stereocenters. The van der Waals surface area contributed by atoms with Gasteiger partial charge in [0.05, 0.1) is 23.5 Å². The van der Waals surface area contributed by atoms with E-state index in [4.69, 9.17) is 9.15 Å². The first-order chi connectivity index (χ1) is 12.4. The molecule has 0 saturated heterocycles. The van der Waals surface area contributed by atoms with Gasteiger partial charge in [-0.05, 0) is 25.1 Å². The third-order valence-corrected chi connectivity index (χ3v) is 5.19. The largest absolute Gasteiger partial charge is 0.495 e. The molecule has 0 atom stereocenters. The zero-order valence-electron chi connectivity index (χ0n) is 15.3. The number of benzene rings is 1. The number of rotatable bonds is 5. The molecule has 0 aliphatic heterocycles. The van der Waals surface area contributed by atoms with Crippen LogP contribution in [0.15, 0.2) is 22.6 Å². The lowest BCUT2D eigenvalue weighted by Gasteiger charge is -2.10. The van der Waals surface area contributed by atoms with Crippen molar-refractivity contribution in [1.82, 2.24) is 15.2 Å². The van der Waals surface area contributed by atoms with Crippen molar-refractivity contribution in [2.24, 2.45) is 0 Å². The van der Waals surface area contributed by atoms with Gasteiger partial charge >= 0.3 is 0 Å². The molecule has 0 fully saturated rings. The summed E-state index contributed by atoms with van der Waals surface area (Å²) in [4.78, 5) is 17.8. The minimum absolute atomic E-state index is 0.218. The Morgan fingerprint density at radius 1 is 1.27 bits per heavy atom. The number of hydrogen-bond donors (Lipinski definition) is 1. The van der Waals surface area contributed by atoms with Crippen LogP contribution in [0, 0.1) is 13.8 Å². The van der Waals surface area contributed by atoms with Gasteiger partial charge in [-0.3, -0.25) is 4.79 Å². The SMILES string of the molecule is COc1ccc(-c2nnc(C)o2)cc1NC(=O)c1sc(C(C)C)nc1C. The molecule has 8 heteroatoms. The van der Waals surface area contributed by atoms with E-state index in [1.165, 1.54) is 11.3 Å². The molecule has 2 aromatic heterocycles. The van der Waals surface area contributed by atoms with Gasteiger partial charge in [-0.15, -0.1) is 21.5 Å². The highest BCUT2D eigenvalue weighted by Gasteiger charge is 2.19. The van der Waals surface area contributed by atoms with Crippen molar-refractivity contribution in [3.8, 4) is 17.2 Å². The van der Waals surface area contributed by atoms with E-state index >= 15 is 0 Å². The second kappa shape index (κ2) is 7.25. The van der Waals surface area contributed by atoms with Crippen molar-refractivity contribution in [3.05, 3.63) is 39.7 Å². The number of carbonyl (C=O) groups excluding carboxylic acids is 1. The average Bonchev–Trinajstić information content (AvgIpc) is 3.21. The predicted octanol–water partition coefficient (Wildman–Crippen LogP) is 4.19. The number of ether oxygens (including phenoxy) is 1. The summed E-state index contributed by atoms with van der Waals surface area (Å²) in [6.07, 6.45) is 0. The summed E-state index contributed by atoms with van der Waals surface area (Å²) < 4.78 is 10.8. The third kappa shape index (κ3) is 3.60. The Bertz CT molecular complexity index is 946. The fourth-order valence-corrected chi connectivity index (χ4v) is 3.37. The second-order valence-corrected chi connectivity index (χ2v) is 7.15. The number of methoxy groups -OCH3 is 1. The molecule has 3 aromatic rings. The number of nitrogens with zero attached hydrogens (tertiary/aromatic N) is 3. The first-order valence-electron chi connectivity index (χ1n) is 8.16. The minimum atomic E-state index is -0.218. The zero-order valence-corrected chi connectivity index (χ0v) is 16.1. The van der Waals surface area contributed by atoms with Crippen LogP contribution in [-0.2, 0) is 0 Å². The Labute approximate surface area is 155 Å². The van der Waals surface area contributed by atoms with Gasteiger partial charge in [-0.25, -0.2) is 4.98 Å². The molecule has 0 aliphatic rings. The van der Waals surface area contributed by atoms with Crippen LogP contribution in [0.4, 0.5) is 5.69 Å². The summed E-state index contributed by atoms with van der Waals surface area (Å²) in [7, 11) is 1.55. The quantitative estimate of drug-likeness (QED) is 0.722. The highest BCUT2D eigenvalue weighted by atomic mass is 32.1.